The highest BCUT2D eigenvalue weighted by atomic mass is 16.3. The smallest absolute Gasteiger partial charge is 0.137 e. The Kier molecular flexibility index (Phi) is 6.86. The van der Waals surface area contributed by atoms with Crippen molar-refractivity contribution in [2.75, 3.05) is 32.7 Å². The molecule has 0 bridgehead atoms. The van der Waals surface area contributed by atoms with Crippen molar-refractivity contribution in [1.29, 1.82) is 0 Å². The van der Waals surface area contributed by atoms with E-state index in [1.165, 1.54) is 34.0 Å². The first-order valence-electron chi connectivity index (χ1n) is 13.3. The Morgan fingerprint density at radius 1 is 1.06 bits per heavy atom. The molecular weight excluding hydrogens is 448 g/mol. The number of nitrogens with one attached hydrogen (secondary N) is 1. The number of aliphatic hydroxyl groups is 1. The number of H-pyrrole nitrogens is 1. The number of piperidine rings is 1. The molecule has 4 aromatic rings. The van der Waals surface area contributed by atoms with Gasteiger partial charge in [0.2, 0.25) is 0 Å². The molecule has 2 aliphatic heterocycles. The number of aromatic nitrogens is 4. The SMILES string of the molecule is O[C@@H]1CCCN(C[C@@H]2CCN(CCc3c[nH]c4ccc(Cn5cncn5)cc34)C2)[C@@H]1c1ccccc1. The van der Waals surface area contributed by atoms with Gasteiger partial charge in [0.1, 0.15) is 12.7 Å². The molecule has 2 aromatic heterocycles. The van der Waals surface area contributed by atoms with Crippen molar-refractivity contribution < 1.29 is 5.11 Å². The largest absolute Gasteiger partial charge is 0.391 e. The van der Waals surface area contributed by atoms with Crippen LogP contribution in [0.2, 0.25) is 0 Å². The normalized spacial score (nSPS) is 23.5. The van der Waals surface area contributed by atoms with Crippen molar-refractivity contribution in [3.05, 3.63) is 84.1 Å². The third-order valence-electron chi connectivity index (χ3n) is 8.05. The number of hydrogen-bond donors (Lipinski definition) is 2. The number of hydrogen-bond acceptors (Lipinski definition) is 5. The van der Waals surface area contributed by atoms with Crippen LogP contribution in [0.3, 0.4) is 0 Å². The van der Waals surface area contributed by atoms with E-state index in [1.54, 1.807) is 12.7 Å². The first-order chi connectivity index (χ1) is 17.7. The molecule has 0 spiro atoms. The van der Waals surface area contributed by atoms with Crippen molar-refractivity contribution in [1.82, 2.24) is 29.5 Å². The van der Waals surface area contributed by atoms with E-state index in [2.05, 4.69) is 79.6 Å². The van der Waals surface area contributed by atoms with Gasteiger partial charge in [-0.05, 0) is 73.5 Å². The van der Waals surface area contributed by atoms with Crippen molar-refractivity contribution in [3.8, 4) is 0 Å². The van der Waals surface area contributed by atoms with Gasteiger partial charge in [0.25, 0.3) is 0 Å². The fourth-order valence-corrected chi connectivity index (χ4v) is 6.24. The van der Waals surface area contributed by atoms with Crippen molar-refractivity contribution in [2.24, 2.45) is 5.92 Å². The summed E-state index contributed by atoms with van der Waals surface area (Å²) < 4.78 is 1.86. The Morgan fingerprint density at radius 3 is 2.83 bits per heavy atom. The molecule has 2 fully saturated rings. The molecule has 4 heterocycles. The van der Waals surface area contributed by atoms with Gasteiger partial charge in [-0.1, -0.05) is 36.4 Å². The molecule has 2 N–H and O–H groups in total. The van der Waals surface area contributed by atoms with E-state index < -0.39 is 0 Å². The average molecular weight is 485 g/mol. The standard InChI is InChI=1S/C29H36N6O/c36-28-7-4-12-34(29(28)24-5-2-1-3-6-24)18-23-10-13-33(17-23)14-11-25-16-31-27-9-8-22(15-26(25)27)19-35-21-30-20-32-35/h1-3,5-6,8-9,15-16,20-21,23,28-29,31,36H,4,7,10-14,17-19H2/t23-,28-,29-/m1/s1. The summed E-state index contributed by atoms with van der Waals surface area (Å²) in [6, 6.07) is 17.3. The molecule has 0 amide bonds. The lowest BCUT2D eigenvalue weighted by molar-refractivity contribution is 0.00252. The average Bonchev–Trinajstić information content (AvgIpc) is 3.65. The predicted molar refractivity (Wildman–Crippen MR) is 142 cm³/mol. The molecule has 0 unspecified atom stereocenters. The second-order valence-corrected chi connectivity index (χ2v) is 10.6. The lowest BCUT2D eigenvalue weighted by atomic mass is 9.91. The molecule has 0 saturated carbocycles. The van der Waals surface area contributed by atoms with Gasteiger partial charge in [0.15, 0.2) is 0 Å². The molecule has 2 aliphatic rings. The summed E-state index contributed by atoms with van der Waals surface area (Å²) in [5, 5.41) is 16.4. The minimum Gasteiger partial charge on any atom is -0.391 e. The Hall–Kier alpha value is -3.00. The van der Waals surface area contributed by atoms with Crippen molar-refractivity contribution in [2.45, 2.75) is 44.4 Å². The Bertz CT molecular complexity index is 1250. The molecule has 0 aliphatic carbocycles. The number of aromatic amines is 1. The van der Waals surface area contributed by atoms with E-state index in [1.807, 2.05) is 4.68 Å². The third kappa shape index (κ3) is 5.09. The topological polar surface area (TPSA) is 73.2 Å². The van der Waals surface area contributed by atoms with Gasteiger partial charge in [0, 0.05) is 36.7 Å². The van der Waals surface area contributed by atoms with Gasteiger partial charge in [-0.3, -0.25) is 4.90 Å². The van der Waals surface area contributed by atoms with Crippen LogP contribution in [0.15, 0.2) is 67.4 Å². The Morgan fingerprint density at radius 2 is 1.97 bits per heavy atom. The molecule has 2 saturated heterocycles. The van der Waals surface area contributed by atoms with E-state index >= 15 is 0 Å². The van der Waals surface area contributed by atoms with E-state index in [0.29, 0.717) is 5.92 Å². The summed E-state index contributed by atoms with van der Waals surface area (Å²) in [5.74, 6) is 0.666. The highest BCUT2D eigenvalue weighted by molar-refractivity contribution is 5.83. The maximum Gasteiger partial charge on any atom is 0.137 e. The molecule has 188 valence electrons. The number of nitrogens with zero attached hydrogens (tertiary/aromatic N) is 5. The van der Waals surface area contributed by atoms with Crippen LogP contribution in [-0.4, -0.2) is 73.5 Å². The van der Waals surface area contributed by atoms with Crippen LogP contribution in [0.5, 0.6) is 0 Å². The zero-order valence-electron chi connectivity index (χ0n) is 20.8. The highest BCUT2D eigenvalue weighted by Crippen LogP contribution is 2.33. The summed E-state index contributed by atoms with van der Waals surface area (Å²) in [5.41, 5.74) is 5.08. The minimum atomic E-state index is -0.269. The lowest BCUT2D eigenvalue weighted by Crippen LogP contribution is -2.44. The van der Waals surface area contributed by atoms with E-state index in [-0.39, 0.29) is 12.1 Å². The molecule has 7 heteroatoms. The minimum absolute atomic E-state index is 0.131. The maximum atomic E-state index is 10.8. The summed E-state index contributed by atoms with van der Waals surface area (Å²) in [6.07, 6.45) is 9.53. The zero-order chi connectivity index (χ0) is 24.3. The fraction of sp³-hybridized carbons (Fsp3) is 0.448. The summed E-state index contributed by atoms with van der Waals surface area (Å²) in [4.78, 5) is 12.7. The van der Waals surface area contributed by atoms with Crippen molar-refractivity contribution >= 4 is 10.9 Å². The van der Waals surface area contributed by atoms with Gasteiger partial charge in [-0.2, -0.15) is 5.10 Å². The first-order valence-corrected chi connectivity index (χ1v) is 13.3. The zero-order valence-corrected chi connectivity index (χ0v) is 20.8. The van der Waals surface area contributed by atoms with Gasteiger partial charge >= 0.3 is 0 Å². The summed E-state index contributed by atoms with van der Waals surface area (Å²) in [6.45, 7) is 6.29. The monoisotopic (exact) mass is 484 g/mol. The molecular formula is C29H36N6O. The fourth-order valence-electron chi connectivity index (χ4n) is 6.24. The van der Waals surface area contributed by atoms with Crippen LogP contribution in [0.25, 0.3) is 10.9 Å². The Balaban J connectivity index is 1.06. The van der Waals surface area contributed by atoms with Crippen LogP contribution in [0, 0.1) is 5.92 Å². The van der Waals surface area contributed by atoms with E-state index in [4.69, 9.17) is 0 Å². The molecule has 36 heavy (non-hydrogen) atoms. The molecule has 0 radical (unpaired) electrons. The number of benzene rings is 2. The third-order valence-corrected chi connectivity index (χ3v) is 8.05. The van der Waals surface area contributed by atoms with Gasteiger partial charge < -0.3 is 15.0 Å². The number of fused-ring (bicyclic) bond motifs is 1. The number of rotatable bonds is 8. The summed E-state index contributed by atoms with van der Waals surface area (Å²) >= 11 is 0. The van der Waals surface area contributed by atoms with E-state index in [9.17, 15) is 5.11 Å². The molecule has 2 aromatic carbocycles. The Labute approximate surface area is 212 Å². The van der Waals surface area contributed by atoms with E-state index in [0.717, 1.165) is 58.5 Å². The second kappa shape index (κ2) is 10.5. The van der Waals surface area contributed by atoms with Crippen molar-refractivity contribution in [3.63, 3.8) is 0 Å². The highest BCUT2D eigenvalue weighted by Gasteiger charge is 2.34. The quantitative estimate of drug-likeness (QED) is 0.397. The summed E-state index contributed by atoms with van der Waals surface area (Å²) in [7, 11) is 0. The molecule has 3 atom stereocenters. The van der Waals surface area contributed by atoms with Gasteiger partial charge in [-0.25, -0.2) is 9.67 Å². The first kappa shape index (κ1) is 23.4. The molecule has 7 nitrogen and oxygen atoms in total. The maximum absolute atomic E-state index is 10.8. The number of likely N-dealkylation sites (tertiary alicyclic amines) is 2. The predicted octanol–water partition coefficient (Wildman–Crippen LogP) is 3.87. The lowest BCUT2D eigenvalue weighted by Gasteiger charge is -2.40. The second-order valence-electron chi connectivity index (χ2n) is 10.6. The molecule has 6 rings (SSSR count). The van der Waals surface area contributed by atoms with Gasteiger partial charge in [-0.15, -0.1) is 0 Å². The van der Waals surface area contributed by atoms with Gasteiger partial charge in [0.05, 0.1) is 18.7 Å². The number of aliphatic hydroxyl groups excluding tert-OH is 1. The van der Waals surface area contributed by atoms with Crippen LogP contribution in [0.4, 0.5) is 0 Å². The van der Waals surface area contributed by atoms with Crippen LogP contribution < -0.4 is 0 Å². The van der Waals surface area contributed by atoms with Crippen LogP contribution in [0.1, 0.15) is 42.0 Å². The van der Waals surface area contributed by atoms with Crippen LogP contribution in [-0.2, 0) is 13.0 Å². The van der Waals surface area contributed by atoms with Crippen LogP contribution >= 0.6 is 0 Å².